The number of halogens is 3. The van der Waals surface area contributed by atoms with E-state index in [0.29, 0.717) is 6.54 Å². The van der Waals surface area contributed by atoms with Crippen molar-refractivity contribution in [3.63, 3.8) is 0 Å². The maximum absolute atomic E-state index is 13.6. The maximum Gasteiger partial charge on any atom is 0.471 e. The monoisotopic (exact) mass is 555 g/mol. The lowest BCUT2D eigenvalue weighted by Gasteiger charge is -2.38. The van der Waals surface area contributed by atoms with Crippen LogP contribution in [0.15, 0.2) is 0 Å². The van der Waals surface area contributed by atoms with Crippen molar-refractivity contribution in [2.75, 3.05) is 19.6 Å². The highest BCUT2D eigenvalue weighted by Crippen LogP contribution is 2.65. The number of hydrogen-bond donors (Lipinski definition) is 3. The van der Waals surface area contributed by atoms with Crippen molar-refractivity contribution in [3.8, 4) is 12.3 Å². The number of rotatable bonds is 6. The Morgan fingerprint density at radius 2 is 1.79 bits per heavy atom. The highest BCUT2D eigenvalue weighted by atomic mass is 19.4. The lowest BCUT2D eigenvalue weighted by molar-refractivity contribution is -0.176. The SMILES string of the molecule is C#CC(CN1C(=O)NCC(C)CC1C)NC(=O)[C@@H]1C2C(CN1C(=O)C(NC(=O)C(F)(F)F)C(C)(C)C)C2(C)C. The minimum atomic E-state index is -5.16. The number of nitrogens with zero attached hydrogens (tertiary/aromatic N) is 2. The second kappa shape index (κ2) is 10.5. The third-order valence-electron chi connectivity index (χ3n) is 8.44. The number of alkyl halides is 3. The average Bonchev–Trinajstić information content (AvgIpc) is 3.15. The van der Waals surface area contributed by atoms with Crippen LogP contribution in [0, 0.1) is 40.9 Å². The van der Waals surface area contributed by atoms with Gasteiger partial charge in [-0.05, 0) is 41.9 Å². The van der Waals surface area contributed by atoms with Crippen LogP contribution in [0.1, 0.15) is 54.9 Å². The summed E-state index contributed by atoms with van der Waals surface area (Å²) in [5.74, 6) is -0.961. The molecule has 0 aromatic rings. The Labute approximate surface area is 228 Å². The number of fused-ring (bicyclic) bond motifs is 1. The quantitative estimate of drug-likeness (QED) is 0.436. The second-order valence-corrected chi connectivity index (χ2v) is 12.9. The molecule has 7 atom stereocenters. The third kappa shape index (κ3) is 6.28. The van der Waals surface area contributed by atoms with Gasteiger partial charge in [0.05, 0.1) is 6.54 Å². The molecule has 3 aliphatic rings. The molecule has 0 spiro atoms. The summed E-state index contributed by atoms with van der Waals surface area (Å²) >= 11 is 0. The van der Waals surface area contributed by atoms with E-state index in [2.05, 4.69) is 16.6 Å². The Bertz CT molecular complexity index is 1050. The van der Waals surface area contributed by atoms with Crippen molar-refractivity contribution in [2.24, 2.45) is 28.6 Å². The largest absolute Gasteiger partial charge is 0.471 e. The summed E-state index contributed by atoms with van der Waals surface area (Å²) in [6.07, 6.45) is 1.32. The molecule has 9 nitrogen and oxygen atoms in total. The minimum Gasteiger partial charge on any atom is -0.339 e. The van der Waals surface area contributed by atoms with Crippen LogP contribution < -0.4 is 16.0 Å². The van der Waals surface area contributed by atoms with Crippen LogP contribution in [0.2, 0.25) is 0 Å². The number of carbonyl (C=O) groups excluding carboxylic acids is 4. The van der Waals surface area contributed by atoms with Gasteiger partial charge in [-0.15, -0.1) is 6.42 Å². The van der Waals surface area contributed by atoms with E-state index in [4.69, 9.17) is 6.42 Å². The molecule has 3 fully saturated rings. The Morgan fingerprint density at radius 1 is 1.18 bits per heavy atom. The van der Waals surface area contributed by atoms with E-state index in [1.165, 1.54) is 4.90 Å². The summed E-state index contributed by atoms with van der Waals surface area (Å²) in [6.45, 7) is 13.3. The highest BCUT2D eigenvalue weighted by Gasteiger charge is 2.70. The van der Waals surface area contributed by atoms with Gasteiger partial charge in [0.1, 0.15) is 18.1 Å². The van der Waals surface area contributed by atoms with E-state index in [1.54, 1.807) is 25.7 Å². The molecule has 5 amide bonds. The lowest BCUT2D eigenvalue weighted by Crippen LogP contribution is -2.61. The molecule has 12 heteroatoms. The zero-order valence-corrected chi connectivity index (χ0v) is 23.6. The molecule has 3 rings (SSSR count). The Hall–Kier alpha value is -2.97. The number of hydrogen-bond acceptors (Lipinski definition) is 4. The molecule has 218 valence electrons. The van der Waals surface area contributed by atoms with Crippen molar-refractivity contribution < 1.29 is 32.3 Å². The van der Waals surface area contributed by atoms with E-state index in [-0.39, 0.29) is 48.3 Å². The van der Waals surface area contributed by atoms with Crippen LogP contribution in [0.5, 0.6) is 0 Å². The van der Waals surface area contributed by atoms with Crippen LogP contribution in [-0.2, 0) is 14.4 Å². The zero-order valence-electron chi connectivity index (χ0n) is 23.6. The molecule has 3 N–H and O–H groups in total. The van der Waals surface area contributed by atoms with Gasteiger partial charge in [-0.2, -0.15) is 13.2 Å². The first-order valence-corrected chi connectivity index (χ1v) is 13.3. The third-order valence-corrected chi connectivity index (χ3v) is 8.44. The molecule has 1 aliphatic carbocycles. The topological polar surface area (TPSA) is 111 Å². The van der Waals surface area contributed by atoms with Crippen molar-refractivity contribution in [2.45, 2.75) is 85.2 Å². The van der Waals surface area contributed by atoms with Gasteiger partial charge in [-0.1, -0.05) is 47.5 Å². The van der Waals surface area contributed by atoms with Gasteiger partial charge in [0.15, 0.2) is 0 Å². The van der Waals surface area contributed by atoms with Gasteiger partial charge in [0.2, 0.25) is 11.8 Å². The predicted octanol–water partition coefficient (Wildman–Crippen LogP) is 2.12. The van der Waals surface area contributed by atoms with Crippen molar-refractivity contribution >= 4 is 23.8 Å². The standard InChI is InChI=1S/C27H40F3N5O4/c1-9-16(12-34-15(3)10-14(2)11-31-24(34)39)32-21(36)19-18-17(26(18,7)8)13-35(19)22(37)20(25(4,5)6)33-23(38)27(28,29)30/h1,14-20H,10-13H2,2-8H3,(H,31,39)(H,32,36)(H,33,38)/t14?,15?,16?,17?,18?,19-,20?/m0/s1. The fourth-order valence-corrected chi connectivity index (χ4v) is 6.05. The minimum absolute atomic E-state index is 0.0293. The molecule has 0 bridgehead atoms. The summed E-state index contributed by atoms with van der Waals surface area (Å²) in [7, 11) is 0. The summed E-state index contributed by atoms with van der Waals surface area (Å²) in [5, 5.41) is 7.48. The number of piperidine rings is 1. The van der Waals surface area contributed by atoms with E-state index in [1.807, 2.05) is 33.0 Å². The molecular formula is C27H40F3N5O4. The number of terminal acetylenes is 1. The van der Waals surface area contributed by atoms with Crippen molar-refractivity contribution in [1.29, 1.82) is 0 Å². The van der Waals surface area contributed by atoms with Crippen LogP contribution in [0.4, 0.5) is 18.0 Å². The second-order valence-electron chi connectivity index (χ2n) is 12.9. The number of urea groups is 1. The Morgan fingerprint density at radius 3 is 2.33 bits per heavy atom. The van der Waals surface area contributed by atoms with Crippen LogP contribution in [0.3, 0.4) is 0 Å². The number of likely N-dealkylation sites (tertiary alicyclic amines) is 1. The first kappa shape index (κ1) is 30.6. The molecule has 2 heterocycles. The highest BCUT2D eigenvalue weighted by molar-refractivity contribution is 5.95. The summed E-state index contributed by atoms with van der Waals surface area (Å²) in [4.78, 5) is 54.5. The Balaban J connectivity index is 1.81. The first-order chi connectivity index (χ1) is 17.8. The van der Waals surface area contributed by atoms with Gasteiger partial charge in [-0.3, -0.25) is 14.4 Å². The van der Waals surface area contributed by atoms with Gasteiger partial charge >= 0.3 is 18.1 Å². The van der Waals surface area contributed by atoms with Crippen LogP contribution >= 0.6 is 0 Å². The predicted molar refractivity (Wildman–Crippen MR) is 138 cm³/mol. The van der Waals surface area contributed by atoms with Crippen LogP contribution in [-0.4, -0.2) is 83.5 Å². The number of carbonyl (C=O) groups is 4. The molecule has 2 aliphatic heterocycles. The van der Waals surface area contributed by atoms with E-state index in [0.717, 1.165) is 6.42 Å². The summed E-state index contributed by atoms with van der Waals surface area (Å²) < 4.78 is 39.1. The zero-order chi connectivity index (χ0) is 29.7. The van der Waals surface area contributed by atoms with Gasteiger partial charge < -0.3 is 25.8 Å². The molecule has 2 saturated heterocycles. The fraction of sp³-hybridized carbons (Fsp3) is 0.778. The normalized spacial score (nSPS) is 29.8. The summed E-state index contributed by atoms with van der Waals surface area (Å²) in [5.41, 5.74) is -1.32. The molecule has 0 aromatic heterocycles. The van der Waals surface area contributed by atoms with E-state index >= 15 is 0 Å². The average molecular weight is 556 g/mol. The number of nitrogens with one attached hydrogen (secondary N) is 3. The Kier molecular flexibility index (Phi) is 8.26. The molecule has 6 unspecified atom stereocenters. The fourth-order valence-electron chi connectivity index (χ4n) is 6.05. The molecule has 39 heavy (non-hydrogen) atoms. The van der Waals surface area contributed by atoms with Gasteiger partial charge in [0.25, 0.3) is 0 Å². The lowest BCUT2D eigenvalue weighted by atomic mass is 9.85. The smallest absolute Gasteiger partial charge is 0.339 e. The summed E-state index contributed by atoms with van der Waals surface area (Å²) in [6, 6.07) is -3.72. The molecule has 0 aromatic carbocycles. The molecule has 0 radical (unpaired) electrons. The number of amides is 5. The van der Waals surface area contributed by atoms with E-state index in [9.17, 15) is 32.3 Å². The first-order valence-electron chi connectivity index (χ1n) is 13.3. The van der Waals surface area contributed by atoms with Crippen molar-refractivity contribution in [1.82, 2.24) is 25.8 Å². The van der Waals surface area contributed by atoms with Gasteiger partial charge in [-0.25, -0.2) is 4.79 Å². The van der Waals surface area contributed by atoms with Gasteiger partial charge in [0, 0.05) is 19.1 Å². The molecular weight excluding hydrogens is 515 g/mol. The molecule has 1 saturated carbocycles. The van der Waals surface area contributed by atoms with Crippen LogP contribution in [0.25, 0.3) is 0 Å². The van der Waals surface area contributed by atoms with E-state index < -0.39 is 47.4 Å². The maximum atomic E-state index is 13.6. The van der Waals surface area contributed by atoms with Crippen molar-refractivity contribution in [3.05, 3.63) is 0 Å².